The Hall–Kier alpha value is -1.42. The van der Waals surface area contributed by atoms with Crippen LogP contribution in [0.4, 0.5) is 0 Å². The molecule has 0 unspecified atom stereocenters. The van der Waals surface area contributed by atoms with Gasteiger partial charge in [-0.05, 0) is 0 Å². The molecule has 16 heteroatoms. The average molecular weight is 335 g/mol. The number of rotatable bonds is 0. The van der Waals surface area contributed by atoms with Crippen molar-refractivity contribution in [3.8, 4) is 0 Å². The maximum atomic E-state index is 8.47. The summed E-state index contributed by atoms with van der Waals surface area (Å²) in [6.45, 7) is 0. The maximum absolute atomic E-state index is 8.47. The monoisotopic (exact) mass is 335 g/mol. The zero-order valence-corrected chi connectivity index (χ0v) is 10.2. The molecule has 0 aromatic rings. The van der Waals surface area contributed by atoms with E-state index in [1.165, 1.54) is 0 Å². The van der Waals surface area contributed by atoms with E-state index < -0.39 is 15.3 Å². The van der Waals surface area contributed by atoms with Crippen molar-refractivity contribution < 1.29 is 95.6 Å². The molecule has 0 fully saturated rings. The van der Waals surface area contributed by atoms with E-state index in [2.05, 4.69) is 0 Å². The van der Waals surface area contributed by atoms with Gasteiger partial charge >= 0.3 is 15.3 Å². The second-order valence-electron chi connectivity index (χ2n) is 0.758. The summed E-state index contributed by atoms with van der Waals surface area (Å²) >= 11 is 0. The normalized spacial score (nSPS) is 4.50. The van der Waals surface area contributed by atoms with E-state index in [0.717, 1.165) is 0 Å². The molecule has 0 rings (SSSR count). The molecule has 0 atom stereocenters. The van der Waals surface area contributed by atoms with E-state index in [4.69, 9.17) is 46.0 Å². The molecule has 0 aromatic carbocycles. The molecule has 0 aliphatic heterocycles. The third kappa shape index (κ3) is 842. The van der Waals surface area contributed by atoms with Gasteiger partial charge in [0.25, 0.3) is 0 Å². The summed E-state index contributed by atoms with van der Waals surface area (Å²) in [5.74, 6) is 0. The largest absolute Gasteiger partial charge is 0.472 e. The Labute approximate surface area is 110 Å². The van der Waals surface area contributed by atoms with Gasteiger partial charge in [0.15, 0.2) is 0 Å². The molecule has 0 spiro atoms. The summed E-state index contributed by atoms with van der Waals surface area (Å²) in [6.07, 6.45) is 0. The third-order valence-electron chi connectivity index (χ3n) is 0. The first-order chi connectivity index (χ1) is 5.20. The standard InChI is InChI=1S/3H2NO3.3H2O.Y/c3*2-1(3)4;;;;/h3*(H2,2,3,4);3*1H2;/q3*+1;;;;. The summed E-state index contributed by atoms with van der Waals surface area (Å²) in [4.78, 5) is 25.4. The van der Waals surface area contributed by atoms with Gasteiger partial charge in [0.05, 0.1) is 0 Å². The topological polar surface area (TPSA) is 276 Å². The molecule has 12 N–H and O–H groups in total. The van der Waals surface area contributed by atoms with Crippen LogP contribution in [0.1, 0.15) is 0 Å². The molecule has 1 radical (unpaired) electrons. The summed E-state index contributed by atoms with van der Waals surface area (Å²) < 4.78 is 0. The summed E-state index contributed by atoms with van der Waals surface area (Å²) in [5.41, 5.74) is 0. The Balaban J connectivity index is -0.0000000135. The Morgan fingerprint density at radius 2 is 0.500 bits per heavy atom. The third-order valence-corrected chi connectivity index (χ3v) is 0. The Morgan fingerprint density at radius 3 is 0.500 bits per heavy atom. The summed E-state index contributed by atoms with van der Waals surface area (Å²) in [6, 6.07) is 0. The van der Waals surface area contributed by atoms with E-state index in [1.807, 2.05) is 0 Å². The van der Waals surface area contributed by atoms with Crippen LogP contribution >= 0.6 is 0 Å². The predicted octanol–water partition coefficient (Wildman–Crippen LogP) is -3.85. The first-order valence-corrected chi connectivity index (χ1v) is 1.75. The zero-order valence-electron chi connectivity index (χ0n) is 7.33. The zero-order chi connectivity index (χ0) is 10.7. The molecule has 0 aliphatic carbocycles. The summed E-state index contributed by atoms with van der Waals surface area (Å²) in [7, 11) is 0. The van der Waals surface area contributed by atoms with Crippen molar-refractivity contribution in [2.24, 2.45) is 0 Å². The maximum Gasteiger partial charge on any atom is 0.472 e. The van der Waals surface area contributed by atoms with E-state index in [0.29, 0.717) is 0 Å². The van der Waals surface area contributed by atoms with Gasteiger partial charge in [-0.15, -0.1) is 0 Å². The summed E-state index contributed by atoms with van der Waals surface area (Å²) in [5, 5.41) is 37.6. The fraction of sp³-hybridized carbons (Fsp3) is 0. The minimum Gasteiger partial charge on any atom is -0.412 e. The van der Waals surface area contributed by atoms with Gasteiger partial charge in [-0.1, -0.05) is 0 Å². The van der Waals surface area contributed by atoms with Crippen LogP contribution in [0.5, 0.6) is 0 Å². The molecule has 0 amide bonds. The predicted molar refractivity (Wildman–Crippen MR) is 32.4 cm³/mol. The molecule has 0 heterocycles. The fourth-order valence-electron chi connectivity index (χ4n) is 0. The average Bonchev–Trinajstić information content (AvgIpc) is 1.54. The molecule has 0 aromatic heterocycles. The molecule has 0 aliphatic rings. The van der Waals surface area contributed by atoms with E-state index in [9.17, 15) is 0 Å². The number of hydrogen-bond donors (Lipinski definition) is 6. The Kier molecular flexibility index (Phi) is 109. The van der Waals surface area contributed by atoms with Crippen LogP contribution in [0.15, 0.2) is 0 Å². The van der Waals surface area contributed by atoms with Crippen LogP contribution in [0.25, 0.3) is 0 Å². The molecule has 15 nitrogen and oxygen atoms in total. The first kappa shape index (κ1) is 46.8. The van der Waals surface area contributed by atoms with Crippen LogP contribution in [0, 0.1) is 14.7 Å². The molecule has 16 heavy (non-hydrogen) atoms. The number of nitrogens with zero attached hydrogens (tertiary/aromatic N) is 3. The minimum absolute atomic E-state index is 0. The van der Waals surface area contributed by atoms with Gasteiger partial charge in [0.1, 0.15) is 14.7 Å². The second-order valence-corrected chi connectivity index (χ2v) is 0.758. The van der Waals surface area contributed by atoms with Crippen molar-refractivity contribution in [3.63, 3.8) is 0 Å². The van der Waals surface area contributed by atoms with Crippen molar-refractivity contribution in [2.45, 2.75) is 0 Å². The Bertz CT molecular complexity index is 114. The van der Waals surface area contributed by atoms with Gasteiger partial charge in [-0.25, -0.2) is 31.2 Å². The van der Waals surface area contributed by atoms with Gasteiger partial charge in [0, 0.05) is 32.7 Å². The van der Waals surface area contributed by atoms with E-state index >= 15 is 0 Å². The molecule has 0 saturated heterocycles. The van der Waals surface area contributed by atoms with Gasteiger partial charge in [0.2, 0.25) is 0 Å². The molecule has 99 valence electrons. The van der Waals surface area contributed by atoms with E-state index in [1.54, 1.807) is 0 Å². The van der Waals surface area contributed by atoms with Crippen molar-refractivity contribution in [1.82, 2.24) is 0 Å². The van der Waals surface area contributed by atoms with Crippen LogP contribution in [-0.4, -0.2) is 62.9 Å². The smallest absolute Gasteiger partial charge is 0.412 e. The molecular weight excluding hydrogens is 323 g/mol. The SMILES string of the molecule is O.O.O.O=[N+](O)O.O=[N+](O)O.O=[N+](O)O.[Y]. The fourth-order valence-corrected chi connectivity index (χ4v) is 0. The van der Waals surface area contributed by atoms with Crippen LogP contribution < -0.4 is 0 Å². The van der Waals surface area contributed by atoms with Gasteiger partial charge < -0.3 is 16.4 Å². The second kappa shape index (κ2) is 37.4. The van der Waals surface area contributed by atoms with Crippen molar-refractivity contribution in [2.75, 3.05) is 0 Å². The Morgan fingerprint density at radius 1 is 0.500 bits per heavy atom. The molecular formula is H12N3O12Y+3. The first-order valence-electron chi connectivity index (χ1n) is 1.75. The number of hydrogen-bond acceptors (Lipinski definition) is 3. The minimum atomic E-state index is -1.25. The quantitative estimate of drug-likeness (QED) is 0.236. The molecule has 0 saturated carbocycles. The van der Waals surface area contributed by atoms with Crippen LogP contribution in [0.3, 0.4) is 0 Å². The van der Waals surface area contributed by atoms with Crippen molar-refractivity contribution in [1.29, 1.82) is 0 Å². The van der Waals surface area contributed by atoms with Crippen LogP contribution in [-0.2, 0) is 32.7 Å². The van der Waals surface area contributed by atoms with Gasteiger partial charge in [-0.3, -0.25) is 0 Å². The van der Waals surface area contributed by atoms with Crippen LogP contribution in [0.2, 0.25) is 0 Å². The van der Waals surface area contributed by atoms with Crippen molar-refractivity contribution in [3.05, 3.63) is 14.7 Å². The van der Waals surface area contributed by atoms with Crippen molar-refractivity contribution >= 4 is 0 Å². The van der Waals surface area contributed by atoms with E-state index in [-0.39, 0.29) is 49.1 Å². The van der Waals surface area contributed by atoms with Gasteiger partial charge in [-0.2, -0.15) is 0 Å². The molecule has 0 bridgehead atoms.